The molecule has 1 amide bonds. The lowest BCUT2D eigenvalue weighted by Gasteiger charge is -2.15. The second-order valence-electron chi connectivity index (χ2n) is 4.58. The van der Waals surface area contributed by atoms with Crippen molar-refractivity contribution in [3.05, 3.63) is 0 Å². The number of rotatable bonds is 10. The molecular weight excluding hydrogens is 218 g/mol. The van der Waals surface area contributed by atoms with Crippen LogP contribution in [0.4, 0.5) is 0 Å². The molecule has 0 saturated heterocycles. The molecule has 0 aliphatic heterocycles. The van der Waals surface area contributed by atoms with Crippen molar-refractivity contribution in [3.63, 3.8) is 0 Å². The number of methoxy groups -OCH3 is 1. The average molecular weight is 243 g/mol. The Kier molecular flexibility index (Phi) is 7.16. The summed E-state index contributed by atoms with van der Waals surface area (Å²) in [6.45, 7) is 3.68. The van der Waals surface area contributed by atoms with E-state index in [-0.39, 0.29) is 5.91 Å². The Balaban J connectivity index is 1.85. The van der Waals surface area contributed by atoms with Gasteiger partial charge in [0.1, 0.15) is 0 Å². The van der Waals surface area contributed by atoms with E-state index in [1.807, 2.05) is 0 Å². The first kappa shape index (κ1) is 14.4. The molecule has 0 aromatic heterocycles. The van der Waals surface area contributed by atoms with Gasteiger partial charge in [0.25, 0.3) is 0 Å². The van der Waals surface area contributed by atoms with Crippen molar-refractivity contribution < 1.29 is 9.53 Å². The highest BCUT2D eigenvalue weighted by Gasteiger charge is 2.25. The molecule has 0 radical (unpaired) electrons. The highest BCUT2D eigenvalue weighted by molar-refractivity contribution is 5.77. The van der Waals surface area contributed by atoms with Gasteiger partial charge in [-0.15, -0.1) is 0 Å². The molecule has 1 aliphatic carbocycles. The Hall–Kier alpha value is -0.650. The minimum Gasteiger partial charge on any atom is -0.385 e. The summed E-state index contributed by atoms with van der Waals surface area (Å²) in [6, 6.07) is 0.791. The molecule has 0 spiro atoms. The van der Waals surface area contributed by atoms with E-state index in [2.05, 4.69) is 22.6 Å². The van der Waals surface area contributed by atoms with E-state index in [0.717, 1.165) is 25.6 Å². The standard InChI is InChI=1S/C12H25N3O2/c1-15(11-4-5-11)8-7-13-10-12(16)14-6-3-9-17-2/h11,13H,3-10H2,1-2H3,(H,14,16). The van der Waals surface area contributed by atoms with Crippen molar-refractivity contribution in [3.8, 4) is 0 Å². The van der Waals surface area contributed by atoms with E-state index in [1.165, 1.54) is 12.8 Å². The number of amides is 1. The monoisotopic (exact) mass is 243 g/mol. The Morgan fingerprint density at radius 3 is 2.82 bits per heavy atom. The Labute approximate surface area is 104 Å². The topological polar surface area (TPSA) is 53.6 Å². The lowest BCUT2D eigenvalue weighted by molar-refractivity contribution is -0.120. The van der Waals surface area contributed by atoms with Gasteiger partial charge in [-0.2, -0.15) is 0 Å². The van der Waals surface area contributed by atoms with Crippen molar-refractivity contribution >= 4 is 5.91 Å². The van der Waals surface area contributed by atoms with Crippen molar-refractivity contribution in [2.24, 2.45) is 0 Å². The smallest absolute Gasteiger partial charge is 0.233 e. The number of nitrogens with one attached hydrogen (secondary N) is 2. The third-order valence-corrected chi connectivity index (χ3v) is 2.94. The van der Waals surface area contributed by atoms with Gasteiger partial charge in [-0.3, -0.25) is 4.79 Å². The summed E-state index contributed by atoms with van der Waals surface area (Å²) in [5.74, 6) is 0.0650. The molecule has 0 aromatic carbocycles. The Bertz CT molecular complexity index is 220. The van der Waals surface area contributed by atoms with Crippen LogP contribution in [-0.2, 0) is 9.53 Å². The summed E-state index contributed by atoms with van der Waals surface area (Å²) in [4.78, 5) is 13.7. The van der Waals surface area contributed by atoms with Crippen molar-refractivity contribution in [2.75, 3.05) is 46.9 Å². The number of carbonyl (C=O) groups excluding carboxylic acids is 1. The first-order valence-corrected chi connectivity index (χ1v) is 6.40. The van der Waals surface area contributed by atoms with Gasteiger partial charge in [-0.1, -0.05) is 0 Å². The van der Waals surface area contributed by atoms with Crippen LogP contribution in [0.3, 0.4) is 0 Å². The van der Waals surface area contributed by atoms with Crippen LogP contribution in [0.15, 0.2) is 0 Å². The third-order valence-electron chi connectivity index (χ3n) is 2.94. The summed E-state index contributed by atoms with van der Waals surface area (Å²) in [5, 5.41) is 6.00. The minimum absolute atomic E-state index is 0.0650. The first-order valence-electron chi connectivity index (χ1n) is 6.40. The van der Waals surface area contributed by atoms with Gasteiger partial charge >= 0.3 is 0 Å². The molecule has 17 heavy (non-hydrogen) atoms. The molecule has 5 nitrogen and oxygen atoms in total. The SMILES string of the molecule is COCCCNC(=O)CNCCN(C)C1CC1. The molecule has 0 unspecified atom stereocenters. The highest BCUT2D eigenvalue weighted by atomic mass is 16.5. The van der Waals surface area contributed by atoms with Crippen LogP contribution in [0.1, 0.15) is 19.3 Å². The molecule has 0 bridgehead atoms. The Morgan fingerprint density at radius 1 is 1.41 bits per heavy atom. The quantitative estimate of drug-likeness (QED) is 0.523. The van der Waals surface area contributed by atoms with E-state index >= 15 is 0 Å². The van der Waals surface area contributed by atoms with Crippen molar-refractivity contribution in [1.82, 2.24) is 15.5 Å². The normalized spacial score (nSPS) is 15.2. The first-order chi connectivity index (χ1) is 8.24. The van der Waals surface area contributed by atoms with Crippen molar-refractivity contribution in [2.45, 2.75) is 25.3 Å². The predicted molar refractivity (Wildman–Crippen MR) is 68.0 cm³/mol. The van der Waals surface area contributed by atoms with E-state index in [9.17, 15) is 4.79 Å². The number of hydrogen-bond acceptors (Lipinski definition) is 4. The Morgan fingerprint density at radius 2 is 2.18 bits per heavy atom. The number of carbonyl (C=O) groups is 1. The third kappa shape index (κ3) is 7.31. The molecule has 1 fully saturated rings. The molecule has 0 atom stereocenters. The maximum absolute atomic E-state index is 11.4. The fraction of sp³-hybridized carbons (Fsp3) is 0.917. The van der Waals surface area contributed by atoms with Crippen molar-refractivity contribution in [1.29, 1.82) is 0 Å². The fourth-order valence-corrected chi connectivity index (χ4v) is 1.66. The molecule has 2 N–H and O–H groups in total. The maximum atomic E-state index is 11.4. The van der Waals surface area contributed by atoms with Crippen LogP contribution in [-0.4, -0.2) is 63.8 Å². The average Bonchev–Trinajstić information content (AvgIpc) is 3.14. The summed E-state index contributed by atoms with van der Waals surface area (Å²) < 4.78 is 4.90. The van der Waals surface area contributed by atoms with Gasteiger partial charge in [0, 0.05) is 39.4 Å². The molecule has 100 valence electrons. The molecule has 1 aliphatic rings. The van der Waals surface area contributed by atoms with Gasteiger partial charge < -0.3 is 20.3 Å². The molecule has 1 saturated carbocycles. The molecular formula is C12H25N3O2. The number of hydrogen-bond donors (Lipinski definition) is 2. The zero-order valence-electron chi connectivity index (χ0n) is 11.0. The van der Waals surface area contributed by atoms with Crippen LogP contribution < -0.4 is 10.6 Å². The van der Waals surface area contributed by atoms with Gasteiger partial charge in [0.05, 0.1) is 6.54 Å². The molecule has 5 heteroatoms. The van der Waals surface area contributed by atoms with E-state index in [1.54, 1.807) is 7.11 Å². The lowest BCUT2D eigenvalue weighted by Crippen LogP contribution is -2.38. The van der Waals surface area contributed by atoms with Gasteiger partial charge in [-0.05, 0) is 26.3 Å². The number of ether oxygens (including phenoxy) is 1. The molecule has 0 heterocycles. The van der Waals surface area contributed by atoms with E-state index < -0.39 is 0 Å². The zero-order valence-corrected chi connectivity index (χ0v) is 11.0. The summed E-state index contributed by atoms with van der Waals surface area (Å²) >= 11 is 0. The van der Waals surface area contributed by atoms with Gasteiger partial charge in [0.15, 0.2) is 0 Å². The van der Waals surface area contributed by atoms with Crippen LogP contribution in [0.2, 0.25) is 0 Å². The number of likely N-dealkylation sites (N-methyl/N-ethyl adjacent to an activating group) is 1. The fourth-order valence-electron chi connectivity index (χ4n) is 1.66. The highest BCUT2D eigenvalue weighted by Crippen LogP contribution is 2.24. The van der Waals surface area contributed by atoms with Crippen LogP contribution in [0.25, 0.3) is 0 Å². The summed E-state index contributed by atoms with van der Waals surface area (Å²) in [5.41, 5.74) is 0. The maximum Gasteiger partial charge on any atom is 0.233 e. The summed E-state index contributed by atoms with van der Waals surface area (Å²) in [7, 11) is 3.81. The zero-order chi connectivity index (χ0) is 12.5. The predicted octanol–water partition coefficient (Wildman–Crippen LogP) is -0.177. The summed E-state index contributed by atoms with van der Waals surface area (Å²) in [6.07, 6.45) is 3.53. The van der Waals surface area contributed by atoms with Crippen LogP contribution >= 0.6 is 0 Å². The van der Waals surface area contributed by atoms with E-state index in [0.29, 0.717) is 19.7 Å². The molecule has 0 aromatic rings. The van der Waals surface area contributed by atoms with E-state index in [4.69, 9.17) is 4.74 Å². The van der Waals surface area contributed by atoms with Crippen LogP contribution in [0.5, 0.6) is 0 Å². The van der Waals surface area contributed by atoms with Gasteiger partial charge in [0.2, 0.25) is 5.91 Å². The van der Waals surface area contributed by atoms with Crippen LogP contribution in [0, 0.1) is 0 Å². The minimum atomic E-state index is 0.0650. The molecule has 1 rings (SSSR count). The second kappa shape index (κ2) is 8.44. The van der Waals surface area contributed by atoms with Gasteiger partial charge in [-0.25, -0.2) is 0 Å². The number of nitrogens with zero attached hydrogens (tertiary/aromatic N) is 1. The lowest BCUT2D eigenvalue weighted by atomic mass is 10.4. The second-order valence-corrected chi connectivity index (χ2v) is 4.58. The largest absolute Gasteiger partial charge is 0.385 e.